The number of benzene rings is 1. The molecule has 1 aliphatic heterocycles. The number of hydrogen-bond donors (Lipinski definition) is 3. The van der Waals surface area contributed by atoms with Crippen LogP contribution in [0.4, 0.5) is 13.2 Å². The second-order valence-corrected chi connectivity index (χ2v) is 5.77. The maximum atomic E-state index is 12.8. The Bertz CT molecular complexity index is 760. The van der Waals surface area contributed by atoms with E-state index in [1.54, 1.807) is 13.0 Å². The lowest BCUT2D eigenvalue weighted by molar-refractivity contribution is -0.137. The van der Waals surface area contributed by atoms with Gasteiger partial charge < -0.3 is 10.6 Å². The Labute approximate surface area is 148 Å². The molecule has 1 atom stereocenters. The Hall–Kier alpha value is -2.06. The number of amides is 1. The van der Waals surface area contributed by atoms with Gasteiger partial charge in [-0.2, -0.15) is 18.3 Å². The zero-order valence-corrected chi connectivity index (χ0v) is 14.2. The van der Waals surface area contributed by atoms with Crippen LogP contribution in [-0.4, -0.2) is 22.6 Å². The smallest absolute Gasteiger partial charge is 0.344 e. The van der Waals surface area contributed by atoms with Crippen LogP contribution in [-0.2, 0) is 19.1 Å². The van der Waals surface area contributed by atoms with Crippen LogP contribution >= 0.6 is 12.4 Å². The molecule has 1 aliphatic rings. The van der Waals surface area contributed by atoms with Crippen molar-refractivity contribution in [1.82, 2.24) is 20.8 Å². The number of nitrogens with one attached hydrogen (secondary N) is 3. The van der Waals surface area contributed by atoms with E-state index in [9.17, 15) is 18.0 Å². The molecular weight excluding hydrogens is 357 g/mol. The third-order valence-electron chi connectivity index (χ3n) is 4.08. The van der Waals surface area contributed by atoms with Crippen LogP contribution in [0.1, 0.15) is 45.8 Å². The summed E-state index contributed by atoms with van der Waals surface area (Å²) >= 11 is 0. The number of aromatic amines is 1. The zero-order valence-electron chi connectivity index (χ0n) is 13.4. The molecule has 0 radical (unpaired) electrons. The number of hydrogen-bond acceptors (Lipinski definition) is 3. The van der Waals surface area contributed by atoms with Crippen LogP contribution in [0.3, 0.4) is 0 Å². The fourth-order valence-corrected chi connectivity index (χ4v) is 2.75. The summed E-state index contributed by atoms with van der Waals surface area (Å²) in [4.78, 5) is 12.4. The van der Waals surface area contributed by atoms with Crippen LogP contribution in [0.5, 0.6) is 0 Å². The fraction of sp³-hybridized carbons (Fsp3) is 0.375. The Balaban J connectivity index is 0.00000225. The van der Waals surface area contributed by atoms with E-state index in [4.69, 9.17) is 0 Å². The van der Waals surface area contributed by atoms with Gasteiger partial charge >= 0.3 is 6.18 Å². The molecule has 1 aromatic carbocycles. The molecule has 2 heterocycles. The van der Waals surface area contributed by atoms with E-state index < -0.39 is 23.7 Å². The van der Waals surface area contributed by atoms with Crippen molar-refractivity contribution in [3.8, 4) is 0 Å². The predicted molar refractivity (Wildman–Crippen MR) is 88.6 cm³/mol. The highest BCUT2D eigenvalue weighted by Crippen LogP contribution is 2.30. The largest absolute Gasteiger partial charge is 0.416 e. The molecular formula is C16H18ClF3N4O. The number of carbonyl (C=O) groups is 1. The maximum absolute atomic E-state index is 12.8. The van der Waals surface area contributed by atoms with E-state index in [1.807, 2.05) is 0 Å². The lowest BCUT2D eigenvalue weighted by Crippen LogP contribution is -2.30. The molecule has 0 aliphatic carbocycles. The topological polar surface area (TPSA) is 69.8 Å². The lowest BCUT2D eigenvalue weighted by Gasteiger charge is -2.17. The van der Waals surface area contributed by atoms with E-state index in [1.165, 1.54) is 6.07 Å². The van der Waals surface area contributed by atoms with Crippen molar-refractivity contribution in [1.29, 1.82) is 0 Å². The Morgan fingerprint density at radius 3 is 2.84 bits per heavy atom. The van der Waals surface area contributed by atoms with E-state index in [-0.39, 0.29) is 18.1 Å². The van der Waals surface area contributed by atoms with E-state index in [2.05, 4.69) is 20.8 Å². The Kier molecular flexibility index (Phi) is 5.74. The molecule has 136 valence electrons. The van der Waals surface area contributed by atoms with Crippen LogP contribution in [0, 0.1) is 0 Å². The summed E-state index contributed by atoms with van der Waals surface area (Å²) in [5, 5.41) is 12.8. The van der Waals surface area contributed by atoms with Crippen molar-refractivity contribution in [2.24, 2.45) is 0 Å². The summed E-state index contributed by atoms with van der Waals surface area (Å²) in [5.74, 6) is -0.402. The molecule has 25 heavy (non-hydrogen) atoms. The average molecular weight is 375 g/mol. The molecule has 2 aromatic rings. The minimum absolute atomic E-state index is 0. The number of rotatable bonds is 3. The van der Waals surface area contributed by atoms with Crippen molar-refractivity contribution in [3.05, 3.63) is 52.3 Å². The first-order valence-corrected chi connectivity index (χ1v) is 7.61. The standard InChI is InChI=1S/C16H17F3N4O.ClH/c1-9(10-3-2-4-11(7-10)16(17,18)19)21-15(24)14-12-8-20-6-5-13(12)22-23-14;/h2-4,7,9,20H,5-6,8H2,1H3,(H,21,24)(H,22,23);1H. The molecule has 9 heteroatoms. The normalized spacial score (nSPS) is 15.0. The molecule has 5 nitrogen and oxygen atoms in total. The van der Waals surface area contributed by atoms with E-state index in [0.717, 1.165) is 36.4 Å². The maximum Gasteiger partial charge on any atom is 0.416 e. The highest BCUT2D eigenvalue weighted by molar-refractivity contribution is 5.94. The van der Waals surface area contributed by atoms with Crippen LogP contribution in [0.2, 0.25) is 0 Å². The third-order valence-corrected chi connectivity index (χ3v) is 4.08. The Morgan fingerprint density at radius 1 is 1.36 bits per heavy atom. The van der Waals surface area contributed by atoms with Crippen LogP contribution in [0.15, 0.2) is 24.3 Å². The number of nitrogens with zero attached hydrogens (tertiary/aromatic N) is 1. The summed E-state index contributed by atoms with van der Waals surface area (Å²) in [7, 11) is 0. The van der Waals surface area contributed by atoms with Crippen LogP contribution in [0.25, 0.3) is 0 Å². The van der Waals surface area contributed by atoms with E-state index in [0.29, 0.717) is 12.1 Å². The number of aromatic nitrogens is 2. The van der Waals surface area contributed by atoms with Crippen molar-refractivity contribution in [2.75, 3.05) is 6.54 Å². The van der Waals surface area contributed by atoms with Gasteiger partial charge in [-0.25, -0.2) is 0 Å². The zero-order chi connectivity index (χ0) is 17.3. The number of H-pyrrole nitrogens is 1. The van der Waals surface area contributed by atoms with Gasteiger partial charge in [0, 0.05) is 30.8 Å². The SMILES string of the molecule is CC(NC(=O)c1n[nH]c2c1CNCC2)c1cccc(C(F)(F)F)c1.Cl. The molecule has 3 N–H and O–H groups in total. The van der Waals surface area contributed by atoms with Crippen molar-refractivity contribution >= 4 is 18.3 Å². The molecule has 1 unspecified atom stereocenters. The van der Waals surface area contributed by atoms with Crippen molar-refractivity contribution in [2.45, 2.75) is 32.1 Å². The minimum atomic E-state index is -4.41. The summed E-state index contributed by atoms with van der Waals surface area (Å²) in [6.45, 7) is 3.01. The van der Waals surface area contributed by atoms with Crippen LogP contribution < -0.4 is 10.6 Å². The molecule has 0 saturated heterocycles. The van der Waals surface area contributed by atoms with Gasteiger partial charge in [0.2, 0.25) is 0 Å². The van der Waals surface area contributed by atoms with Gasteiger partial charge in [0.1, 0.15) is 0 Å². The summed E-state index contributed by atoms with van der Waals surface area (Å²) in [6, 6.07) is 4.38. The van der Waals surface area contributed by atoms with Crippen molar-refractivity contribution in [3.63, 3.8) is 0 Å². The summed E-state index contributed by atoms with van der Waals surface area (Å²) in [5.41, 5.74) is 1.68. The number of alkyl halides is 3. The van der Waals surface area contributed by atoms with E-state index >= 15 is 0 Å². The highest BCUT2D eigenvalue weighted by Gasteiger charge is 2.31. The molecule has 1 amide bonds. The highest BCUT2D eigenvalue weighted by atomic mass is 35.5. The monoisotopic (exact) mass is 374 g/mol. The molecule has 0 bridgehead atoms. The van der Waals surface area contributed by atoms with Crippen molar-refractivity contribution < 1.29 is 18.0 Å². The molecule has 3 rings (SSSR count). The number of carbonyl (C=O) groups excluding carboxylic acids is 1. The fourth-order valence-electron chi connectivity index (χ4n) is 2.75. The molecule has 0 saturated carbocycles. The van der Waals surface area contributed by atoms with Gasteiger partial charge in [-0.05, 0) is 24.6 Å². The first-order valence-electron chi connectivity index (χ1n) is 7.61. The second-order valence-electron chi connectivity index (χ2n) is 5.77. The van der Waals surface area contributed by atoms with Gasteiger partial charge in [-0.1, -0.05) is 12.1 Å². The lowest BCUT2D eigenvalue weighted by atomic mass is 10.0. The van der Waals surface area contributed by atoms with Gasteiger partial charge in [-0.15, -0.1) is 12.4 Å². The summed E-state index contributed by atoms with van der Waals surface area (Å²) in [6.07, 6.45) is -3.65. The predicted octanol–water partition coefficient (Wildman–Crippen LogP) is 2.99. The molecule has 0 spiro atoms. The average Bonchev–Trinajstić information content (AvgIpc) is 2.98. The number of fused-ring (bicyclic) bond motifs is 1. The molecule has 0 fully saturated rings. The first kappa shape index (κ1) is 19.3. The number of halogens is 4. The van der Waals surface area contributed by atoms with Gasteiger partial charge in [0.15, 0.2) is 5.69 Å². The third kappa shape index (κ3) is 4.13. The van der Waals surface area contributed by atoms with Gasteiger partial charge in [-0.3, -0.25) is 9.89 Å². The quantitative estimate of drug-likeness (QED) is 0.773. The molecule has 1 aromatic heterocycles. The second kappa shape index (κ2) is 7.45. The Morgan fingerprint density at radius 2 is 2.12 bits per heavy atom. The minimum Gasteiger partial charge on any atom is -0.344 e. The first-order chi connectivity index (χ1) is 11.4. The van der Waals surface area contributed by atoms with Gasteiger partial charge in [0.25, 0.3) is 5.91 Å². The summed E-state index contributed by atoms with van der Waals surface area (Å²) < 4.78 is 38.4. The van der Waals surface area contributed by atoms with Gasteiger partial charge in [0.05, 0.1) is 11.6 Å².